The number of hydrazone groups is 1. The first-order valence-corrected chi connectivity index (χ1v) is 8.61. The van der Waals surface area contributed by atoms with Crippen LogP contribution in [0.5, 0.6) is 5.75 Å². The number of nitrogens with zero attached hydrogens (tertiary/aromatic N) is 1. The van der Waals surface area contributed by atoms with Crippen LogP contribution in [0.3, 0.4) is 0 Å². The maximum absolute atomic E-state index is 5.68. The van der Waals surface area contributed by atoms with Crippen LogP contribution >= 0.6 is 0 Å². The Hall–Kier alpha value is -1.51. The summed E-state index contributed by atoms with van der Waals surface area (Å²) in [6.07, 6.45) is 7.39. The molecule has 3 heteroatoms. The van der Waals surface area contributed by atoms with Gasteiger partial charge in [0.2, 0.25) is 0 Å². The Bertz CT molecular complexity index is 624. The van der Waals surface area contributed by atoms with Crippen LogP contribution in [-0.4, -0.2) is 12.8 Å². The summed E-state index contributed by atoms with van der Waals surface area (Å²) in [5.74, 6) is 8.97. The predicted molar refractivity (Wildman–Crippen MR) is 89.2 cm³/mol. The van der Waals surface area contributed by atoms with E-state index in [-0.39, 0.29) is 5.41 Å². The van der Waals surface area contributed by atoms with Gasteiger partial charge in [-0.1, -0.05) is 13.0 Å². The molecular weight excluding hydrogens is 272 g/mol. The number of hydrogen-bond acceptors (Lipinski definition) is 3. The molecule has 4 atom stereocenters. The van der Waals surface area contributed by atoms with Crippen molar-refractivity contribution in [2.75, 3.05) is 7.11 Å². The van der Waals surface area contributed by atoms with Gasteiger partial charge in [0.05, 0.1) is 7.11 Å². The summed E-state index contributed by atoms with van der Waals surface area (Å²) in [5.41, 5.74) is 4.63. The van der Waals surface area contributed by atoms with Crippen molar-refractivity contribution in [2.45, 2.75) is 51.4 Å². The van der Waals surface area contributed by atoms with Gasteiger partial charge in [-0.25, -0.2) is 0 Å². The number of hydrogen-bond donors (Lipinski definition) is 1. The third-order valence-electron chi connectivity index (χ3n) is 6.83. The summed E-state index contributed by atoms with van der Waals surface area (Å²) in [4.78, 5) is 0. The van der Waals surface area contributed by atoms with Gasteiger partial charge in [-0.3, -0.25) is 0 Å². The van der Waals surface area contributed by atoms with Gasteiger partial charge in [0.1, 0.15) is 5.75 Å². The topological polar surface area (TPSA) is 47.6 Å². The molecule has 0 heterocycles. The van der Waals surface area contributed by atoms with Crippen molar-refractivity contribution < 1.29 is 4.74 Å². The van der Waals surface area contributed by atoms with Crippen LogP contribution in [0.2, 0.25) is 0 Å². The van der Waals surface area contributed by atoms with E-state index in [4.69, 9.17) is 10.6 Å². The molecule has 2 fully saturated rings. The molecule has 0 bridgehead atoms. The number of rotatable bonds is 1. The van der Waals surface area contributed by atoms with E-state index in [0.717, 1.165) is 29.9 Å². The van der Waals surface area contributed by atoms with E-state index in [2.05, 4.69) is 30.2 Å². The lowest BCUT2D eigenvalue weighted by molar-refractivity contribution is 0.0955. The molecule has 0 radical (unpaired) electrons. The van der Waals surface area contributed by atoms with Crippen molar-refractivity contribution in [3.63, 3.8) is 0 Å². The first-order valence-electron chi connectivity index (χ1n) is 8.61. The van der Waals surface area contributed by atoms with Gasteiger partial charge in [0.25, 0.3) is 0 Å². The normalized spacial score (nSPS) is 38.3. The average Bonchev–Trinajstić information content (AvgIpc) is 2.90. The molecule has 2 saturated carbocycles. The first-order chi connectivity index (χ1) is 10.7. The molecule has 4 rings (SSSR count). The van der Waals surface area contributed by atoms with Crippen LogP contribution in [0.1, 0.15) is 56.1 Å². The fourth-order valence-corrected chi connectivity index (χ4v) is 5.69. The second-order valence-electron chi connectivity index (χ2n) is 7.55. The van der Waals surface area contributed by atoms with E-state index in [1.165, 1.54) is 43.4 Å². The monoisotopic (exact) mass is 298 g/mol. The zero-order valence-electron chi connectivity index (χ0n) is 13.6. The molecule has 2 N–H and O–H groups in total. The zero-order chi connectivity index (χ0) is 15.3. The van der Waals surface area contributed by atoms with Crippen molar-refractivity contribution in [3.8, 4) is 5.75 Å². The SMILES string of the molecule is COc1ccc2c(c1)CC[C@@H]1[C@@H]2CC[C@@]2(C)/C(=N/N)CC[C@H]12. The largest absolute Gasteiger partial charge is 0.497 e. The van der Waals surface area contributed by atoms with Crippen LogP contribution in [0, 0.1) is 17.3 Å². The fraction of sp³-hybridized carbons (Fsp3) is 0.632. The highest BCUT2D eigenvalue weighted by molar-refractivity contribution is 5.92. The van der Waals surface area contributed by atoms with Gasteiger partial charge in [-0.05, 0) is 79.5 Å². The minimum Gasteiger partial charge on any atom is -0.497 e. The molecule has 0 spiro atoms. The molecule has 3 aliphatic carbocycles. The summed E-state index contributed by atoms with van der Waals surface area (Å²) in [7, 11) is 1.76. The molecule has 1 aromatic carbocycles. The van der Waals surface area contributed by atoms with E-state index in [0.29, 0.717) is 0 Å². The maximum atomic E-state index is 5.68. The molecule has 118 valence electrons. The molecule has 3 aliphatic rings. The zero-order valence-corrected chi connectivity index (χ0v) is 13.6. The number of nitrogens with two attached hydrogens (primary N) is 1. The third-order valence-corrected chi connectivity index (χ3v) is 6.83. The van der Waals surface area contributed by atoms with E-state index >= 15 is 0 Å². The molecule has 3 nitrogen and oxygen atoms in total. The van der Waals surface area contributed by atoms with Gasteiger partial charge < -0.3 is 10.6 Å². The Kier molecular flexibility index (Phi) is 3.21. The highest BCUT2D eigenvalue weighted by Crippen LogP contribution is 2.59. The summed E-state index contributed by atoms with van der Waals surface area (Å²) >= 11 is 0. The van der Waals surface area contributed by atoms with E-state index in [1.807, 2.05) is 0 Å². The van der Waals surface area contributed by atoms with Crippen LogP contribution in [0.4, 0.5) is 0 Å². The summed E-state index contributed by atoms with van der Waals surface area (Å²) in [6, 6.07) is 6.71. The Morgan fingerprint density at radius 1 is 1.23 bits per heavy atom. The van der Waals surface area contributed by atoms with Gasteiger partial charge in [-0.2, -0.15) is 5.10 Å². The Balaban J connectivity index is 1.69. The first kappa shape index (κ1) is 14.1. The van der Waals surface area contributed by atoms with Crippen molar-refractivity contribution in [1.29, 1.82) is 0 Å². The average molecular weight is 298 g/mol. The number of benzene rings is 1. The van der Waals surface area contributed by atoms with E-state index in [9.17, 15) is 0 Å². The van der Waals surface area contributed by atoms with Crippen molar-refractivity contribution in [3.05, 3.63) is 29.3 Å². The standard InChI is InChI=1S/C19H26N2O/c1-19-10-9-15-14-6-4-13(22-2)11-12(14)3-5-16(15)17(19)7-8-18(19)21-20/h4,6,11,15-17H,3,5,7-10,20H2,1-2H3/b21-18+/t15-,16-,17-,19-/m1/s1. The van der Waals surface area contributed by atoms with Crippen LogP contribution in [0.25, 0.3) is 0 Å². The van der Waals surface area contributed by atoms with Crippen molar-refractivity contribution in [1.82, 2.24) is 0 Å². The van der Waals surface area contributed by atoms with Gasteiger partial charge in [-0.15, -0.1) is 0 Å². The van der Waals surface area contributed by atoms with Crippen LogP contribution in [0.15, 0.2) is 23.3 Å². The Morgan fingerprint density at radius 3 is 2.86 bits per heavy atom. The second-order valence-corrected chi connectivity index (χ2v) is 7.55. The maximum Gasteiger partial charge on any atom is 0.119 e. The second kappa shape index (κ2) is 5.00. The summed E-state index contributed by atoms with van der Waals surface area (Å²) in [5, 5.41) is 4.15. The smallest absolute Gasteiger partial charge is 0.119 e. The van der Waals surface area contributed by atoms with Crippen LogP contribution in [-0.2, 0) is 6.42 Å². The van der Waals surface area contributed by atoms with E-state index in [1.54, 1.807) is 12.7 Å². The highest BCUT2D eigenvalue weighted by Gasteiger charge is 2.53. The Morgan fingerprint density at radius 2 is 2.09 bits per heavy atom. The summed E-state index contributed by atoms with van der Waals surface area (Å²) < 4.78 is 5.40. The molecule has 0 unspecified atom stereocenters. The molecule has 0 amide bonds. The number of ether oxygens (including phenoxy) is 1. The predicted octanol–water partition coefficient (Wildman–Crippen LogP) is 3.87. The van der Waals surface area contributed by atoms with Crippen molar-refractivity contribution in [2.24, 2.45) is 28.2 Å². The highest BCUT2D eigenvalue weighted by atomic mass is 16.5. The summed E-state index contributed by atoms with van der Waals surface area (Å²) in [6.45, 7) is 2.41. The molecule has 0 aliphatic heterocycles. The lowest BCUT2D eigenvalue weighted by Gasteiger charge is -2.49. The minimum absolute atomic E-state index is 0.264. The lowest BCUT2D eigenvalue weighted by Crippen LogP contribution is -2.42. The molecule has 0 aromatic heterocycles. The number of fused-ring (bicyclic) bond motifs is 5. The van der Waals surface area contributed by atoms with Crippen LogP contribution < -0.4 is 10.6 Å². The fourth-order valence-electron chi connectivity index (χ4n) is 5.69. The number of methoxy groups -OCH3 is 1. The van der Waals surface area contributed by atoms with E-state index < -0.39 is 0 Å². The number of aryl methyl sites for hydroxylation is 1. The molecular formula is C19H26N2O. The third kappa shape index (κ3) is 1.84. The Labute approximate surface area is 132 Å². The van der Waals surface area contributed by atoms with Gasteiger partial charge >= 0.3 is 0 Å². The molecule has 1 aromatic rings. The molecule has 0 saturated heterocycles. The van der Waals surface area contributed by atoms with Gasteiger partial charge in [0, 0.05) is 11.1 Å². The lowest BCUT2D eigenvalue weighted by atomic mass is 9.55. The minimum atomic E-state index is 0.264. The van der Waals surface area contributed by atoms with Crippen molar-refractivity contribution >= 4 is 5.71 Å². The molecule has 22 heavy (non-hydrogen) atoms. The quantitative estimate of drug-likeness (QED) is 0.632. The van der Waals surface area contributed by atoms with Gasteiger partial charge in [0.15, 0.2) is 0 Å².